The normalized spacial score (nSPS) is 15.6. The van der Waals surface area contributed by atoms with E-state index in [1.54, 1.807) is 37.3 Å². The number of rotatable bonds is 6. The van der Waals surface area contributed by atoms with Crippen molar-refractivity contribution in [2.24, 2.45) is 5.92 Å². The first-order valence-corrected chi connectivity index (χ1v) is 9.81. The minimum atomic E-state index is -0.769. The van der Waals surface area contributed by atoms with Crippen LogP contribution in [-0.4, -0.2) is 35.9 Å². The molecule has 10 heteroatoms. The standard InChI is InChI=1S/C21H20ClN3O6/c1-12-3-5-15(8-17(12)22)23-19(26)11-31-21(28)14-7-20(27)24(10-14)16-6-4-13(2)18(9-16)25(29)30/h3-6,8-9,14H,7,10-11H2,1-2H3,(H,23,26)/t14-/m0/s1. The fraction of sp³-hybridized carbons (Fsp3) is 0.286. The highest BCUT2D eigenvalue weighted by Gasteiger charge is 2.37. The van der Waals surface area contributed by atoms with Crippen LogP contribution >= 0.6 is 11.6 Å². The average molecular weight is 446 g/mol. The molecule has 1 saturated heterocycles. The van der Waals surface area contributed by atoms with Gasteiger partial charge < -0.3 is 15.0 Å². The Hall–Kier alpha value is -3.46. The van der Waals surface area contributed by atoms with Crippen LogP contribution in [0, 0.1) is 29.9 Å². The van der Waals surface area contributed by atoms with Crippen LogP contribution in [0.1, 0.15) is 17.5 Å². The first-order valence-electron chi connectivity index (χ1n) is 9.43. The second kappa shape index (κ2) is 9.13. The number of esters is 1. The highest BCUT2D eigenvalue weighted by Crippen LogP contribution is 2.30. The quantitative estimate of drug-likeness (QED) is 0.413. The van der Waals surface area contributed by atoms with Gasteiger partial charge in [0.2, 0.25) is 5.91 Å². The van der Waals surface area contributed by atoms with E-state index in [4.69, 9.17) is 16.3 Å². The van der Waals surface area contributed by atoms with Gasteiger partial charge in [0.05, 0.1) is 16.5 Å². The Balaban J connectivity index is 1.57. The molecule has 0 unspecified atom stereocenters. The first kappa shape index (κ1) is 22.2. The molecule has 1 aliphatic rings. The van der Waals surface area contributed by atoms with Gasteiger partial charge in [-0.25, -0.2) is 0 Å². The SMILES string of the molecule is Cc1ccc(NC(=O)COC(=O)[C@H]2CC(=O)N(c3ccc(C)c([N+](=O)[O-])c3)C2)cc1Cl. The maximum Gasteiger partial charge on any atom is 0.311 e. The van der Waals surface area contributed by atoms with Gasteiger partial charge in [0.15, 0.2) is 6.61 Å². The second-order valence-electron chi connectivity index (χ2n) is 7.25. The van der Waals surface area contributed by atoms with Gasteiger partial charge in [0.25, 0.3) is 11.6 Å². The van der Waals surface area contributed by atoms with E-state index in [2.05, 4.69) is 5.32 Å². The predicted molar refractivity (Wildman–Crippen MR) is 114 cm³/mol. The smallest absolute Gasteiger partial charge is 0.311 e. The van der Waals surface area contributed by atoms with Crippen molar-refractivity contribution in [2.75, 3.05) is 23.4 Å². The minimum Gasteiger partial charge on any atom is -0.455 e. The van der Waals surface area contributed by atoms with Gasteiger partial charge in [-0.15, -0.1) is 0 Å². The molecule has 0 radical (unpaired) electrons. The van der Waals surface area contributed by atoms with Crippen LogP contribution in [0.2, 0.25) is 5.02 Å². The molecular formula is C21H20ClN3O6. The van der Waals surface area contributed by atoms with E-state index in [1.807, 2.05) is 6.92 Å². The molecule has 1 heterocycles. The Morgan fingerprint density at radius 3 is 2.61 bits per heavy atom. The molecular weight excluding hydrogens is 426 g/mol. The molecule has 162 valence electrons. The summed E-state index contributed by atoms with van der Waals surface area (Å²) in [7, 11) is 0. The maximum absolute atomic E-state index is 12.4. The fourth-order valence-corrected chi connectivity index (χ4v) is 3.38. The van der Waals surface area contributed by atoms with Crippen molar-refractivity contribution < 1.29 is 24.0 Å². The molecule has 1 N–H and O–H groups in total. The summed E-state index contributed by atoms with van der Waals surface area (Å²) in [5.74, 6) is -2.34. The lowest BCUT2D eigenvalue weighted by molar-refractivity contribution is -0.385. The summed E-state index contributed by atoms with van der Waals surface area (Å²) in [4.78, 5) is 48.7. The van der Waals surface area contributed by atoms with Crippen LogP contribution in [-0.2, 0) is 19.1 Å². The summed E-state index contributed by atoms with van der Waals surface area (Å²) < 4.78 is 5.06. The van der Waals surface area contributed by atoms with Crippen LogP contribution in [0.4, 0.5) is 17.1 Å². The van der Waals surface area contributed by atoms with Crippen LogP contribution < -0.4 is 10.2 Å². The summed E-state index contributed by atoms with van der Waals surface area (Å²) >= 11 is 6.01. The third kappa shape index (κ3) is 5.18. The molecule has 9 nitrogen and oxygen atoms in total. The summed E-state index contributed by atoms with van der Waals surface area (Å²) in [6, 6.07) is 9.46. The Morgan fingerprint density at radius 1 is 1.23 bits per heavy atom. The van der Waals surface area contributed by atoms with Crippen molar-refractivity contribution in [1.29, 1.82) is 0 Å². The fourth-order valence-electron chi connectivity index (χ4n) is 3.20. The van der Waals surface area contributed by atoms with E-state index < -0.39 is 29.3 Å². The Kier molecular flexibility index (Phi) is 6.55. The number of aryl methyl sites for hydroxylation is 2. The van der Waals surface area contributed by atoms with E-state index in [1.165, 1.54) is 11.0 Å². The van der Waals surface area contributed by atoms with Gasteiger partial charge in [-0.3, -0.25) is 24.5 Å². The van der Waals surface area contributed by atoms with Crippen molar-refractivity contribution in [1.82, 2.24) is 0 Å². The van der Waals surface area contributed by atoms with Crippen molar-refractivity contribution in [3.8, 4) is 0 Å². The monoisotopic (exact) mass is 445 g/mol. The second-order valence-corrected chi connectivity index (χ2v) is 7.66. The van der Waals surface area contributed by atoms with Gasteiger partial charge in [0, 0.05) is 35.3 Å². The number of amides is 2. The average Bonchev–Trinajstić information content (AvgIpc) is 3.11. The van der Waals surface area contributed by atoms with Crippen molar-refractivity contribution in [3.63, 3.8) is 0 Å². The summed E-state index contributed by atoms with van der Waals surface area (Å²) in [6.07, 6.45) is -0.101. The molecule has 3 rings (SSSR count). The number of nitro groups is 1. The number of ether oxygens (including phenoxy) is 1. The Labute approximate surface area is 183 Å². The highest BCUT2D eigenvalue weighted by atomic mass is 35.5. The zero-order valence-electron chi connectivity index (χ0n) is 16.9. The zero-order valence-corrected chi connectivity index (χ0v) is 17.6. The van der Waals surface area contributed by atoms with E-state index >= 15 is 0 Å². The topological polar surface area (TPSA) is 119 Å². The van der Waals surface area contributed by atoms with Crippen molar-refractivity contribution >= 4 is 46.4 Å². The van der Waals surface area contributed by atoms with Crippen LogP contribution in [0.15, 0.2) is 36.4 Å². The van der Waals surface area contributed by atoms with Gasteiger partial charge in [-0.1, -0.05) is 23.7 Å². The van der Waals surface area contributed by atoms with E-state index in [0.29, 0.717) is 22.0 Å². The number of hydrogen-bond donors (Lipinski definition) is 1. The zero-order chi connectivity index (χ0) is 22.7. The van der Waals surface area contributed by atoms with Crippen LogP contribution in [0.25, 0.3) is 0 Å². The Bertz CT molecular complexity index is 1070. The van der Waals surface area contributed by atoms with Crippen LogP contribution in [0.5, 0.6) is 0 Å². The number of halogens is 1. The lowest BCUT2D eigenvalue weighted by atomic mass is 10.1. The molecule has 1 atom stereocenters. The summed E-state index contributed by atoms with van der Waals surface area (Å²) in [6.45, 7) is 2.94. The van der Waals surface area contributed by atoms with E-state index in [0.717, 1.165) is 5.56 Å². The molecule has 31 heavy (non-hydrogen) atoms. The predicted octanol–water partition coefficient (Wildman–Crippen LogP) is 3.40. The molecule has 2 aromatic carbocycles. The third-order valence-electron chi connectivity index (χ3n) is 4.96. The minimum absolute atomic E-state index is 0.0209. The van der Waals surface area contributed by atoms with Gasteiger partial charge in [-0.2, -0.15) is 0 Å². The summed E-state index contributed by atoms with van der Waals surface area (Å²) in [5, 5.41) is 14.2. The molecule has 0 spiro atoms. The molecule has 1 fully saturated rings. The number of benzene rings is 2. The van der Waals surface area contributed by atoms with E-state index in [9.17, 15) is 24.5 Å². The van der Waals surface area contributed by atoms with Crippen LogP contribution in [0.3, 0.4) is 0 Å². The Morgan fingerprint density at radius 2 is 1.94 bits per heavy atom. The number of carbonyl (C=O) groups is 3. The van der Waals surface area contributed by atoms with Crippen molar-refractivity contribution in [2.45, 2.75) is 20.3 Å². The van der Waals surface area contributed by atoms with Crippen molar-refractivity contribution in [3.05, 3.63) is 62.7 Å². The summed E-state index contributed by atoms with van der Waals surface area (Å²) in [5.41, 5.74) is 2.04. The number of nitrogens with one attached hydrogen (secondary N) is 1. The van der Waals surface area contributed by atoms with E-state index in [-0.39, 0.29) is 24.6 Å². The number of nitrogens with zero attached hydrogens (tertiary/aromatic N) is 2. The lowest BCUT2D eigenvalue weighted by Gasteiger charge is -2.16. The largest absolute Gasteiger partial charge is 0.455 e. The van der Waals surface area contributed by atoms with Gasteiger partial charge in [-0.05, 0) is 37.6 Å². The number of nitro benzene ring substituents is 1. The maximum atomic E-state index is 12.4. The third-order valence-corrected chi connectivity index (χ3v) is 5.37. The highest BCUT2D eigenvalue weighted by molar-refractivity contribution is 6.31. The molecule has 0 aromatic heterocycles. The molecule has 2 amide bonds. The lowest BCUT2D eigenvalue weighted by Crippen LogP contribution is -2.28. The molecule has 2 aromatic rings. The number of anilines is 2. The van der Waals surface area contributed by atoms with Gasteiger partial charge in [0.1, 0.15) is 0 Å². The first-order chi connectivity index (χ1) is 14.7. The number of carbonyl (C=O) groups excluding carboxylic acids is 3. The molecule has 0 saturated carbocycles. The molecule has 0 aliphatic carbocycles. The number of hydrogen-bond acceptors (Lipinski definition) is 6. The van der Waals surface area contributed by atoms with Gasteiger partial charge >= 0.3 is 5.97 Å². The molecule has 1 aliphatic heterocycles. The molecule has 0 bridgehead atoms.